The average molecular weight is 267 g/mol. The third-order valence-electron chi connectivity index (χ3n) is 3.42. The Morgan fingerprint density at radius 3 is 2.84 bits per heavy atom. The molecule has 8 heteroatoms. The van der Waals surface area contributed by atoms with Crippen molar-refractivity contribution in [1.29, 1.82) is 0 Å². The van der Waals surface area contributed by atoms with E-state index < -0.39 is 17.9 Å². The normalized spacial score (nSPS) is 17.5. The maximum Gasteiger partial charge on any atom is 0.318 e. The SMILES string of the molecule is CC(NC(=O)N1CCn2cnnc2C1)C(C)C(=O)O. The lowest BCUT2D eigenvalue weighted by molar-refractivity contribution is -0.141. The maximum absolute atomic E-state index is 12.0. The summed E-state index contributed by atoms with van der Waals surface area (Å²) in [5, 5.41) is 19.3. The Kier molecular flexibility index (Phi) is 3.68. The number of fused-ring (bicyclic) bond motifs is 1. The van der Waals surface area contributed by atoms with Crippen LogP contribution in [-0.2, 0) is 17.9 Å². The summed E-state index contributed by atoms with van der Waals surface area (Å²) in [6.07, 6.45) is 1.64. The summed E-state index contributed by atoms with van der Waals surface area (Å²) in [6, 6.07) is -0.695. The molecule has 1 aromatic rings. The van der Waals surface area contributed by atoms with Crippen molar-refractivity contribution in [3.63, 3.8) is 0 Å². The van der Waals surface area contributed by atoms with Gasteiger partial charge < -0.3 is 19.9 Å². The number of carboxylic acids is 1. The molecule has 0 saturated carbocycles. The molecule has 0 aliphatic carbocycles. The molecule has 104 valence electrons. The average Bonchev–Trinajstić information content (AvgIpc) is 2.84. The Labute approximate surface area is 110 Å². The molecule has 2 N–H and O–H groups in total. The fourth-order valence-electron chi connectivity index (χ4n) is 1.86. The number of nitrogens with zero attached hydrogens (tertiary/aromatic N) is 4. The van der Waals surface area contributed by atoms with Crippen LogP contribution < -0.4 is 5.32 Å². The molecule has 2 atom stereocenters. The summed E-state index contributed by atoms with van der Waals surface area (Å²) in [5.74, 6) is -0.816. The maximum atomic E-state index is 12.0. The molecule has 1 aromatic heterocycles. The first-order valence-electron chi connectivity index (χ1n) is 6.14. The fourth-order valence-corrected chi connectivity index (χ4v) is 1.86. The van der Waals surface area contributed by atoms with Gasteiger partial charge in [-0.05, 0) is 13.8 Å². The Balaban J connectivity index is 1.93. The van der Waals surface area contributed by atoms with Crippen LogP contribution in [0.2, 0.25) is 0 Å². The zero-order valence-corrected chi connectivity index (χ0v) is 10.9. The molecule has 8 nitrogen and oxygen atoms in total. The van der Waals surface area contributed by atoms with E-state index in [-0.39, 0.29) is 6.03 Å². The Morgan fingerprint density at radius 2 is 2.16 bits per heavy atom. The molecule has 0 fully saturated rings. The molecule has 0 radical (unpaired) electrons. The highest BCUT2D eigenvalue weighted by Gasteiger charge is 2.26. The third kappa shape index (κ3) is 2.83. The summed E-state index contributed by atoms with van der Waals surface area (Å²) < 4.78 is 1.90. The molecule has 1 aliphatic rings. The molecule has 0 saturated heterocycles. The summed E-state index contributed by atoms with van der Waals surface area (Å²) in [5.41, 5.74) is 0. The van der Waals surface area contributed by atoms with Gasteiger partial charge in [-0.25, -0.2) is 4.79 Å². The van der Waals surface area contributed by atoms with Crippen LogP contribution in [0.4, 0.5) is 4.79 Å². The Hall–Kier alpha value is -2.12. The molecule has 2 rings (SSSR count). The second-order valence-corrected chi connectivity index (χ2v) is 4.73. The minimum Gasteiger partial charge on any atom is -0.481 e. The Morgan fingerprint density at radius 1 is 1.42 bits per heavy atom. The van der Waals surface area contributed by atoms with Crippen molar-refractivity contribution >= 4 is 12.0 Å². The molecule has 1 aliphatic heterocycles. The number of rotatable bonds is 3. The highest BCUT2D eigenvalue weighted by molar-refractivity contribution is 5.76. The van der Waals surface area contributed by atoms with E-state index in [1.54, 1.807) is 25.1 Å². The Bertz CT molecular complexity index is 486. The van der Waals surface area contributed by atoms with Crippen LogP contribution in [0.15, 0.2) is 6.33 Å². The molecule has 2 heterocycles. The zero-order valence-electron chi connectivity index (χ0n) is 10.9. The molecule has 0 spiro atoms. The first kappa shape index (κ1) is 13.3. The minimum atomic E-state index is -0.925. The zero-order chi connectivity index (χ0) is 14.0. The quantitative estimate of drug-likeness (QED) is 0.797. The minimum absolute atomic E-state index is 0.269. The van der Waals surface area contributed by atoms with E-state index in [2.05, 4.69) is 15.5 Å². The van der Waals surface area contributed by atoms with E-state index >= 15 is 0 Å². The van der Waals surface area contributed by atoms with Crippen molar-refractivity contribution in [2.45, 2.75) is 33.0 Å². The van der Waals surface area contributed by atoms with Crippen molar-refractivity contribution in [2.24, 2.45) is 5.92 Å². The van der Waals surface area contributed by atoms with Gasteiger partial charge in [0.15, 0.2) is 5.82 Å². The van der Waals surface area contributed by atoms with Crippen molar-refractivity contribution in [3.8, 4) is 0 Å². The van der Waals surface area contributed by atoms with Crippen molar-refractivity contribution in [2.75, 3.05) is 6.54 Å². The van der Waals surface area contributed by atoms with Crippen molar-refractivity contribution in [1.82, 2.24) is 25.0 Å². The third-order valence-corrected chi connectivity index (χ3v) is 3.42. The standard InChI is InChI=1S/C11H17N5O3/c1-7(10(17)18)8(2)13-11(19)15-3-4-16-6-12-14-9(16)5-15/h6-8H,3-5H2,1-2H3,(H,13,19)(H,17,18). The van der Waals surface area contributed by atoms with Crippen molar-refractivity contribution < 1.29 is 14.7 Å². The number of carbonyl (C=O) groups excluding carboxylic acids is 1. The van der Waals surface area contributed by atoms with Gasteiger partial charge in [0.1, 0.15) is 6.33 Å². The smallest absolute Gasteiger partial charge is 0.318 e. The highest BCUT2D eigenvalue weighted by atomic mass is 16.4. The second-order valence-electron chi connectivity index (χ2n) is 4.73. The number of hydrogen-bond donors (Lipinski definition) is 2. The van der Waals surface area contributed by atoms with Crippen LogP contribution in [0.3, 0.4) is 0 Å². The molecule has 2 unspecified atom stereocenters. The molecule has 2 amide bonds. The number of urea groups is 1. The van der Waals surface area contributed by atoms with E-state index in [9.17, 15) is 9.59 Å². The van der Waals surface area contributed by atoms with Gasteiger partial charge in [-0.2, -0.15) is 0 Å². The van der Waals surface area contributed by atoms with E-state index in [0.29, 0.717) is 19.6 Å². The number of nitrogens with one attached hydrogen (secondary N) is 1. The van der Waals surface area contributed by atoms with E-state index in [0.717, 1.165) is 5.82 Å². The lowest BCUT2D eigenvalue weighted by atomic mass is 10.0. The van der Waals surface area contributed by atoms with Crippen LogP contribution in [0.5, 0.6) is 0 Å². The summed E-state index contributed by atoms with van der Waals surface area (Å²) in [6.45, 7) is 4.85. The summed E-state index contributed by atoms with van der Waals surface area (Å²) >= 11 is 0. The van der Waals surface area contributed by atoms with Crippen LogP contribution in [-0.4, -0.2) is 49.4 Å². The summed E-state index contributed by atoms with van der Waals surface area (Å²) in [4.78, 5) is 24.5. The molecular formula is C11H17N5O3. The molecule has 19 heavy (non-hydrogen) atoms. The lowest BCUT2D eigenvalue weighted by Crippen LogP contribution is -2.49. The van der Waals surface area contributed by atoms with Crippen LogP contribution >= 0.6 is 0 Å². The van der Waals surface area contributed by atoms with Gasteiger partial charge in [-0.3, -0.25) is 4.79 Å². The number of aromatic nitrogens is 3. The summed E-state index contributed by atoms with van der Waals surface area (Å²) in [7, 11) is 0. The van der Waals surface area contributed by atoms with Crippen LogP contribution in [0.25, 0.3) is 0 Å². The predicted octanol–water partition coefficient (Wildman–Crippen LogP) is -0.0875. The molecule has 0 aromatic carbocycles. The number of carboxylic acid groups (broad SMARTS) is 1. The highest BCUT2D eigenvalue weighted by Crippen LogP contribution is 2.10. The van der Waals surface area contributed by atoms with Gasteiger partial charge in [-0.1, -0.05) is 0 Å². The topological polar surface area (TPSA) is 100 Å². The van der Waals surface area contributed by atoms with E-state index in [1.807, 2.05) is 4.57 Å². The monoisotopic (exact) mass is 267 g/mol. The van der Waals surface area contributed by atoms with Crippen LogP contribution in [0, 0.1) is 5.92 Å². The fraction of sp³-hybridized carbons (Fsp3) is 0.636. The second kappa shape index (κ2) is 5.25. The largest absolute Gasteiger partial charge is 0.481 e. The molecule has 0 bridgehead atoms. The van der Waals surface area contributed by atoms with Crippen molar-refractivity contribution in [3.05, 3.63) is 12.2 Å². The number of aliphatic carboxylic acids is 1. The number of hydrogen-bond acceptors (Lipinski definition) is 4. The first-order chi connectivity index (χ1) is 8.99. The van der Waals surface area contributed by atoms with Gasteiger partial charge in [0, 0.05) is 19.1 Å². The first-order valence-corrected chi connectivity index (χ1v) is 6.14. The van der Waals surface area contributed by atoms with E-state index in [1.165, 1.54) is 0 Å². The van der Waals surface area contributed by atoms with E-state index in [4.69, 9.17) is 5.11 Å². The van der Waals surface area contributed by atoms with Gasteiger partial charge >= 0.3 is 12.0 Å². The van der Waals surface area contributed by atoms with Gasteiger partial charge in [0.25, 0.3) is 0 Å². The molecular weight excluding hydrogens is 250 g/mol. The van der Waals surface area contributed by atoms with Gasteiger partial charge in [0.2, 0.25) is 0 Å². The van der Waals surface area contributed by atoms with Crippen LogP contribution in [0.1, 0.15) is 19.7 Å². The van der Waals surface area contributed by atoms with Gasteiger partial charge in [0.05, 0.1) is 12.5 Å². The number of amides is 2. The lowest BCUT2D eigenvalue weighted by Gasteiger charge is -2.29. The predicted molar refractivity (Wildman–Crippen MR) is 65.2 cm³/mol. The number of carbonyl (C=O) groups is 2. The van der Waals surface area contributed by atoms with Gasteiger partial charge in [-0.15, -0.1) is 10.2 Å².